The molecule has 0 aliphatic heterocycles. The fourth-order valence-electron chi connectivity index (χ4n) is 2.40. The average molecular weight is 268 g/mol. The molecule has 0 unspecified atom stereocenters. The minimum absolute atomic E-state index is 0.0857. The zero-order valence-electron chi connectivity index (χ0n) is 12.4. The van der Waals surface area contributed by atoms with Crippen LogP contribution in [0.5, 0.6) is 0 Å². The van der Waals surface area contributed by atoms with Crippen molar-refractivity contribution in [2.45, 2.75) is 27.7 Å². The van der Waals surface area contributed by atoms with Crippen LogP contribution in [0.3, 0.4) is 0 Å². The maximum Gasteiger partial charge on any atom is 0.256 e. The summed E-state index contributed by atoms with van der Waals surface area (Å²) in [6.07, 6.45) is 0. The third-order valence-corrected chi connectivity index (χ3v) is 3.66. The van der Waals surface area contributed by atoms with Gasteiger partial charge in [-0.1, -0.05) is 24.3 Å². The van der Waals surface area contributed by atoms with Gasteiger partial charge in [-0.05, 0) is 56.0 Å². The first-order valence-corrected chi connectivity index (χ1v) is 6.65. The molecule has 0 aliphatic carbocycles. The molecule has 20 heavy (non-hydrogen) atoms. The third kappa shape index (κ3) is 2.52. The van der Waals surface area contributed by atoms with Gasteiger partial charge in [-0.25, -0.2) is 0 Å². The van der Waals surface area contributed by atoms with Crippen molar-refractivity contribution in [3.8, 4) is 0 Å². The van der Waals surface area contributed by atoms with Crippen molar-refractivity contribution in [2.24, 2.45) is 0 Å². The quantitative estimate of drug-likeness (QED) is 0.815. The van der Waals surface area contributed by atoms with Crippen LogP contribution in [-0.4, -0.2) is 5.91 Å². The molecule has 0 saturated heterocycles. The van der Waals surface area contributed by atoms with E-state index in [1.54, 1.807) is 0 Å². The molecule has 0 spiro atoms. The fourth-order valence-corrected chi connectivity index (χ4v) is 2.40. The zero-order chi connectivity index (χ0) is 14.9. The van der Waals surface area contributed by atoms with E-state index in [0.29, 0.717) is 5.69 Å². The molecule has 3 N–H and O–H groups in total. The number of hydrogen-bond acceptors (Lipinski definition) is 2. The topological polar surface area (TPSA) is 55.1 Å². The Morgan fingerprint density at radius 1 is 0.950 bits per heavy atom. The highest BCUT2D eigenvalue weighted by Crippen LogP contribution is 2.26. The van der Waals surface area contributed by atoms with Crippen LogP contribution in [0.4, 0.5) is 11.4 Å². The molecule has 0 fully saturated rings. The minimum atomic E-state index is -0.0857. The van der Waals surface area contributed by atoms with E-state index in [9.17, 15) is 4.79 Å². The lowest BCUT2D eigenvalue weighted by atomic mass is 10.0. The molecule has 104 valence electrons. The van der Waals surface area contributed by atoms with Gasteiger partial charge in [0.2, 0.25) is 0 Å². The minimum Gasteiger partial charge on any atom is -0.398 e. The van der Waals surface area contributed by atoms with Crippen LogP contribution in [0.15, 0.2) is 30.3 Å². The van der Waals surface area contributed by atoms with Crippen LogP contribution in [0.2, 0.25) is 0 Å². The number of hydrogen-bond donors (Lipinski definition) is 2. The lowest BCUT2D eigenvalue weighted by Gasteiger charge is -2.15. The SMILES string of the molecule is Cc1ccc(N)c(C)c1NC(=O)c1c(C)cccc1C. The molecular weight excluding hydrogens is 248 g/mol. The molecule has 0 heterocycles. The summed E-state index contributed by atoms with van der Waals surface area (Å²) in [6.45, 7) is 7.78. The van der Waals surface area contributed by atoms with Gasteiger partial charge in [0, 0.05) is 16.9 Å². The van der Waals surface area contributed by atoms with Crippen molar-refractivity contribution < 1.29 is 4.79 Å². The van der Waals surface area contributed by atoms with Gasteiger partial charge in [0.15, 0.2) is 0 Å². The molecule has 0 atom stereocenters. The zero-order valence-corrected chi connectivity index (χ0v) is 12.4. The van der Waals surface area contributed by atoms with Gasteiger partial charge in [-0.2, -0.15) is 0 Å². The Morgan fingerprint density at radius 2 is 1.55 bits per heavy atom. The van der Waals surface area contributed by atoms with Crippen molar-refractivity contribution in [3.63, 3.8) is 0 Å². The average Bonchev–Trinajstić information content (AvgIpc) is 2.39. The number of aryl methyl sites for hydroxylation is 3. The van der Waals surface area contributed by atoms with Crippen molar-refractivity contribution in [2.75, 3.05) is 11.1 Å². The van der Waals surface area contributed by atoms with E-state index >= 15 is 0 Å². The molecule has 0 aromatic heterocycles. The maximum atomic E-state index is 12.5. The Balaban J connectivity index is 2.41. The normalized spacial score (nSPS) is 10.4. The number of nitrogens with one attached hydrogen (secondary N) is 1. The number of nitrogens with two attached hydrogens (primary N) is 1. The number of benzene rings is 2. The van der Waals surface area contributed by atoms with Crippen LogP contribution in [0.25, 0.3) is 0 Å². The summed E-state index contributed by atoms with van der Waals surface area (Å²) in [4.78, 5) is 12.5. The smallest absolute Gasteiger partial charge is 0.256 e. The van der Waals surface area contributed by atoms with Gasteiger partial charge in [0.05, 0.1) is 0 Å². The second kappa shape index (κ2) is 5.37. The first-order valence-electron chi connectivity index (χ1n) is 6.65. The van der Waals surface area contributed by atoms with Crippen molar-refractivity contribution in [1.29, 1.82) is 0 Å². The molecule has 1 amide bonds. The summed E-state index contributed by atoms with van der Waals surface area (Å²) in [5, 5.41) is 3.00. The highest BCUT2D eigenvalue weighted by atomic mass is 16.1. The van der Waals surface area contributed by atoms with Crippen LogP contribution in [-0.2, 0) is 0 Å². The largest absolute Gasteiger partial charge is 0.398 e. The standard InChI is InChI=1S/C17H20N2O/c1-10-6-5-7-11(2)15(10)17(20)19-16-12(3)8-9-14(18)13(16)4/h5-9H,18H2,1-4H3,(H,19,20). The first kappa shape index (κ1) is 14.1. The van der Waals surface area contributed by atoms with Crippen LogP contribution in [0, 0.1) is 27.7 Å². The molecule has 0 radical (unpaired) electrons. The number of nitrogen functional groups attached to an aromatic ring is 1. The lowest BCUT2D eigenvalue weighted by molar-refractivity contribution is 0.102. The van der Waals surface area contributed by atoms with E-state index < -0.39 is 0 Å². The Labute approximate surface area is 119 Å². The molecule has 3 nitrogen and oxygen atoms in total. The molecule has 3 heteroatoms. The Bertz CT molecular complexity index is 655. The number of rotatable bonds is 2. The lowest BCUT2D eigenvalue weighted by Crippen LogP contribution is -2.17. The number of carbonyl (C=O) groups is 1. The van der Waals surface area contributed by atoms with Gasteiger partial charge in [-0.15, -0.1) is 0 Å². The summed E-state index contributed by atoms with van der Waals surface area (Å²) in [5.41, 5.74) is 12.0. The Kier molecular flexibility index (Phi) is 3.79. The van der Waals surface area contributed by atoms with Gasteiger partial charge in [0.25, 0.3) is 5.91 Å². The third-order valence-electron chi connectivity index (χ3n) is 3.66. The van der Waals surface area contributed by atoms with Crippen LogP contribution < -0.4 is 11.1 Å². The highest BCUT2D eigenvalue weighted by Gasteiger charge is 2.14. The molecule has 2 aromatic rings. The van der Waals surface area contributed by atoms with E-state index in [-0.39, 0.29) is 5.91 Å². The Hall–Kier alpha value is -2.29. The Morgan fingerprint density at radius 3 is 2.15 bits per heavy atom. The van der Waals surface area contributed by atoms with E-state index in [4.69, 9.17) is 5.73 Å². The van der Waals surface area contributed by atoms with Crippen LogP contribution >= 0.6 is 0 Å². The van der Waals surface area contributed by atoms with Gasteiger partial charge < -0.3 is 11.1 Å². The van der Waals surface area contributed by atoms with Crippen molar-refractivity contribution in [1.82, 2.24) is 0 Å². The van der Waals surface area contributed by atoms with E-state index in [1.165, 1.54) is 0 Å². The second-order valence-corrected chi connectivity index (χ2v) is 5.19. The second-order valence-electron chi connectivity index (χ2n) is 5.19. The molecule has 0 bridgehead atoms. The van der Waals surface area contributed by atoms with Crippen molar-refractivity contribution in [3.05, 3.63) is 58.1 Å². The van der Waals surface area contributed by atoms with E-state index in [1.807, 2.05) is 58.0 Å². The number of amides is 1. The monoisotopic (exact) mass is 268 g/mol. The number of carbonyl (C=O) groups excluding carboxylic acids is 1. The van der Waals surface area contributed by atoms with Crippen molar-refractivity contribution >= 4 is 17.3 Å². The molecule has 2 rings (SSSR count). The predicted octanol–water partition coefficient (Wildman–Crippen LogP) is 3.75. The fraction of sp³-hybridized carbons (Fsp3) is 0.235. The summed E-state index contributed by atoms with van der Waals surface area (Å²) in [7, 11) is 0. The highest BCUT2D eigenvalue weighted by molar-refractivity contribution is 6.07. The molecule has 0 aliphatic rings. The first-order chi connectivity index (χ1) is 9.41. The molecule has 2 aromatic carbocycles. The predicted molar refractivity (Wildman–Crippen MR) is 84.2 cm³/mol. The van der Waals surface area contributed by atoms with Gasteiger partial charge in [0.1, 0.15) is 0 Å². The summed E-state index contributed by atoms with van der Waals surface area (Å²) in [5.74, 6) is -0.0857. The van der Waals surface area contributed by atoms with Gasteiger partial charge >= 0.3 is 0 Å². The summed E-state index contributed by atoms with van der Waals surface area (Å²) < 4.78 is 0. The van der Waals surface area contributed by atoms with Gasteiger partial charge in [-0.3, -0.25) is 4.79 Å². The molecular formula is C17H20N2O. The van der Waals surface area contributed by atoms with E-state index in [0.717, 1.165) is 33.5 Å². The number of anilines is 2. The van der Waals surface area contributed by atoms with E-state index in [2.05, 4.69) is 5.32 Å². The molecule has 0 saturated carbocycles. The maximum absolute atomic E-state index is 12.5. The summed E-state index contributed by atoms with van der Waals surface area (Å²) in [6, 6.07) is 9.63. The van der Waals surface area contributed by atoms with Crippen LogP contribution in [0.1, 0.15) is 32.6 Å². The summed E-state index contributed by atoms with van der Waals surface area (Å²) >= 11 is 0.